The summed E-state index contributed by atoms with van der Waals surface area (Å²) < 4.78 is 0. The van der Waals surface area contributed by atoms with Crippen LogP contribution in [-0.2, 0) is 21.1 Å². The second-order valence-electron chi connectivity index (χ2n) is 0. The van der Waals surface area contributed by atoms with Crippen molar-refractivity contribution in [2.75, 3.05) is 0 Å². The minimum atomic E-state index is 0. The van der Waals surface area contributed by atoms with Crippen LogP contribution in [0.2, 0.25) is 0 Å². The number of nitrogens with zero attached hydrogens (tertiary/aromatic N) is 4. The molecule has 8 nitrogen and oxygen atoms in total. The molecule has 0 heterocycles. The molecule has 9 heteroatoms. The third-order valence-electron chi connectivity index (χ3n) is 0. The first-order valence-electron chi connectivity index (χ1n) is 0.730. The van der Waals surface area contributed by atoms with Gasteiger partial charge in [-0.05, 0) is 0 Å². The minimum Gasteiger partial charge on any atom is -0.577 e. The zero-order valence-corrected chi connectivity index (χ0v) is 6.01. The van der Waals surface area contributed by atoms with Crippen molar-refractivity contribution in [3.05, 3.63) is 42.0 Å². The fraction of sp³-hybridized carbons (Fsp3) is 0. The first-order valence-corrected chi connectivity index (χ1v) is 0.730. The number of nitroso groups, excluding NO2 is 4. The van der Waals surface area contributed by atoms with Crippen molar-refractivity contribution < 1.29 is 21.1 Å². The van der Waals surface area contributed by atoms with Crippen LogP contribution in [0.1, 0.15) is 0 Å². The summed E-state index contributed by atoms with van der Waals surface area (Å²) >= 11 is 0. The molecule has 0 spiro atoms. The quantitative estimate of drug-likeness (QED) is 0.659. The van der Waals surface area contributed by atoms with E-state index in [4.69, 9.17) is 42.0 Å². The average molecular weight is 315 g/mol. The molecule has 0 aromatic rings. The fourth-order valence-electron chi connectivity index (χ4n) is 0. The molecular weight excluding hydrogens is 315 g/mol. The molecule has 54 valence electrons. The predicted molar refractivity (Wildman–Crippen MR) is 26.9 cm³/mol. The van der Waals surface area contributed by atoms with Crippen LogP contribution in [0.25, 0.3) is 22.4 Å². The van der Waals surface area contributed by atoms with Crippen LogP contribution in [0.5, 0.6) is 0 Å². The zero-order valence-electron chi connectivity index (χ0n) is 3.74. The average Bonchev–Trinajstić information content (AvgIpc) is 2.03. The summed E-state index contributed by atoms with van der Waals surface area (Å²) in [6.45, 7) is 0. The minimum absolute atomic E-state index is 0. The number of hydrogen-bond donors (Lipinski definition) is 0. The zero-order chi connectivity index (χ0) is 8.00. The SMILES string of the molecule is [N-]=O.[N-]=O.[N-]=O.[N-]=O.[Pt+4]. The Morgan fingerprint density at radius 1 is 0.444 bits per heavy atom. The van der Waals surface area contributed by atoms with Gasteiger partial charge in [0.1, 0.15) is 0 Å². The van der Waals surface area contributed by atoms with Crippen molar-refractivity contribution in [3.63, 3.8) is 0 Å². The van der Waals surface area contributed by atoms with Crippen molar-refractivity contribution in [1.29, 1.82) is 0 Å². The molecule has 0 aromatic heterocycles. The molecule has 0 N–H and O–H groups in total. The van der Waals surface area contributed by atoms with Gasteiger partial charge >= 0.3 is 21.1 Å². The summed E-state index contributed by atoms with van der Waals surface area (Å²) in [5, 5.41) is 0. The second kappa shape index (κ2) is 316. The Bertz CT molecular complexity index is 20.5. The molecule has 0 amide bonds. The summed E-state index contributed by atoms with van der Waals surface area (Å²) in [6, 6.07) is 0. The molecule has 0 saturated heterocycles. The van der Waals surface area contributed by atoms with Crippen LogP contribution in [0, 0.1) is 19.6 Å². The molecule has 0 atom stereocenters. The Morgan fingerprint density at radius 3 is 0.444 bits per heavy atom. The van der Waals surface area contributed by atoms with Gasteiger partial charge < -0.3 is 42.0 Å². The summed E-state index contributed by atoms with van der Waals surface area (Å²) in [6.07, 6.45) is 0. The van der Waals surface area contributed by atoms with Crippen LogP contribution in [0.4, 0.5) is 0 Å². The molecule has 0 saturated carbocycles. The molecule has 0 fully saturated rings. The first kappa shape index (κ1) is 42.6. The maximum atomic E-state index is 7.25. The smallest absolute Gasteiger partial charge is 0.577 e. The predicted octanol–water partition coefficient (Wildman–Crippen LogP) is 1.29. The van der Waals surface area contributed by atoms with E-state index in [-0.39, 0.29) is 21.1 Å². The van der Waals surface area contributed by atoms with Crippen molar-refractivity contribution >= 4 is 0 Å². The molecule has 0 unspecified atom stereocenters. The molecule has 0 aliphatic rings. The van der Waals surface area contributed by atoms with Crippen molar-refractivity contribution in [2.24, 2.45) is 0 Å². The van der Waals surface area contributed by atoms with E-state index < -0.39 is 0 Å². The van der Waals surface area contributed by atoms with Crippen LogP contribution < -0.4 is 0 Å². The summed E-state index contributed by atoms with van der Waals surface area (Å²) in [5.41, 5.74) is 23.0. The summed E-state index contributed by atoms with van der Waals surface area (Å²) in [5.74, 6) is 0. The van der Waals surface area contributed by atoms with Gasteiger partial charge in [0.15, 0.2) is 0 Å². The number of rotatable bonds is 0. The van der Waals surface area contributed by atoms with Gasteiger partial charge in [-0.3, -0.25) is 0 Å². The Kier molecular flexibility index (Phi) is 1500. The van der Waals surface area contributed by atoms with Crippen LogP contribution in [0.3, 0.4) is 0 Å². The number of hydrogen-bond acceptors (Lipinski definition) is 4. The van der Waals surface area contributed by atoms with E-state index in [1.54, 1.807) is 0 Å². The third kappa shape index (κ3) is 221. The van der Waals surface area contributed by atoms with E-state index in [1.807, 2.05) is 0 Å². The van der Waals surface area contributed by atoms with Gasteiger partial charge in [0, 0.05) is 0 Å². The van der Waals surface area contributed by atoms with Crippen LogP contribution in [-0.4, -0.2) is 0 Å². The maximum absolute atomic E-state index is 7.25. The first-order chi connectivity index (χ1) is 4.00. The largest absolute Gasteiger partial charge is 4.00 e. The van der Waals surface area contributed by atoms with Gasteiger partial charge in [-0.1, -0.05) is 0 Å². The van der Waals surface area contributed by atoms with E-state index >= 15 is 0 Å². The van der Waals surface area contributed by atoms with Gasteiger partial charge in [-0.15, -0.1) is 0 Å². The van der Waals surface area contributed by atoms with Crippen LogP contribution >= 0.6 is 0 Å². The van der Waals surface area contributed by atoms with Gasteiger partial charge in [-0.2, -0.15) is 0 Å². The molecular formula is N4O4Pt. The van der Waals surface area contributed by atoms with E-state index in [0.717, 1.165) is 0 Å². The molecule has 0 rings (SSSR count). The van der Waals surface area contributed by atoms with Gasteiger partial charge in [0.05, 0.1) is 0 Å². The molecule has 0 bridgehead atoms. The van der Waals surface area contributed by atoms with E-state index in [2.05, 4.69) is 0 Å². The van der Waals surface area contributed by atoms with E-state index in [9.17, 15) is 0 Å². The Labute approximate surface area is 63.7 Å². The van der Waals surface area contributed by atoms with Crippen molar-refractivity contribution in [2.45, 2.75) is 0 Å². The van der Waals surface area contributed by atoms with Crippen LogP contribution in [0.15, 0.2) is 0 Å². The molecule has 0 aromatic carbocycles. The Hall–Kier alpha value is -0.912. The Balaban J connectivity index is -0.00000000762. The van der Waals surface area contributed by atoms with E-state index in [1.165, 1.54) is 0 Å². The fourth-order valence-corrected chi connectivity index (χ4v) is 0. The topological polar surface area (TPSA) is 157 Å². The Morgan fingerprint density at radius 2 is 0.444 bits per heavy atom. The molecule has 9 heavy (non-hydrogen) atoms. The molecule has 0 radical (unpaired) electrons. The summed E-state index contributed by atoms with van der Waals surface area (Å²) in [7, 11) is 0. The second-order valence-corrected chi connectivity index (χ2v) is 0. The van der Waals surface area contributed by atoms with Gasteiger partial charge in [-0.25, -0.2) is 0 Å². The van der Waals surface area contributed by atoms with Gasteiger partial charge in [0.25, 0.3) is 0 Å². The normalized spacial score (nSPS) is 1.78. The summed E-state index contributed by atoms with van der Waals surface area (Å²) in [4.78, 5) is 29.0. The van der Waals surface area contributed by atoms with Crippen molar-refractivity contribution in [3.8, 4) is 0 Å². The maximum Gasteiger partial charge on any atom is 4.00 e. The van der Waals surface area contributed by atoms with Gasteiger partial charge in [0.2, 0.25) is 0 Å². The molecule has 0 aliphatic carbocycles. The van der Waals surface area contributed by atoms with E-state index in [0.29, 0.717) is 0 Å². The molecule has 0 aliphatic heterocycles. The van der Waals surface area contributed by atoms with Crippen molar-refractivity contribution in [1.82, 2.24) is 0 Å². The monoisotopic (exact) mass is 315 g/mol. The standard InChI is InChI=1S/4NO.Pt/c4*1-2;/q4*-1;+4. The third-order valence-corrected chi connectivity index (χ3v) is 0.